The van der Waals surface area contributed by atoms with Gasteiger partial charge in [-0.05, 0) is 31.3 Å². The molecule has 0 aliphatic carbocycles. The second-order valence-corrected chi connectivity index (χ2v) is 4.59. The number of H-pyrrole nitrogens is 1. The minimum absolute atomic E-state index is 0.160. The molecule has 16 heavy (non-hydrogen) atoms. The van der Waals surface area contributed by atoms with Crippen molar-refractivity contribution in [1.29, 1.82) is 0 Å². The fraction of sp³-hybridized carbons (Fsp3) is 0.100. The molecule has 6 heteroatoms. The molecule has 0 radical (unpaired) electrons. The van der Waals surface area contributed by atoms with Gasteiger partial charge in [0.1, 0.15) is 5.69 Å². The second kappa shape index (κ2) is 4.10. The Morgan fingerprint density at radius 2 is 1.88 bits per heavy atom. The molecule has 2 rings (SSSR count). The van der Waals surface area contributed by atoms with Crippen LogP contribution in [0.2, 0.25) is 0 Å². The molecule has 1 aromatic carbocycles. The highest BCUT2D eigenvalue weighted by atomic mass is 79.9. The van der Waals surface area contributed by atoms with Crippen molar-refractivity contribution in [2.24, 2.45) is 0 Å². The summed E-state index contributed by atoms with van der Waals surface area (Å²) in [5, 5.41) is 0. The zero-order valence-electron chi connectivity index (χ0n) is 8.22. The number of imidazole rings is 1. The molecule has 0 aliphatic heterocycles. The van der Waals surface area contributed by atoms with Crippen molar-refractivity contribution >= 4 is 28.1 Å². The largest absolute Gasteiger partial charge is 0.337 e. The highest BCUT2D eigenvalue weighted by Crippen LogP contribution is 2.24. The summed E-state index contributed by atoms with van der Waals surface area (Å²) in [6.45, 7) is 1.72. The minimum Gasteiger partial charge on any atom is -0.337 e. The molecule has 0 spiro atoms. The van der Waals surface area contributed by atoms with Crippen molar-refractivity contribution in [3.05, 3.63) is 44.9 Å². The van der Waals surface area contributed by atoms with E-state index in [0.717, 1.165) is 0 Å². The summed E-state index contributed by atoms with van der Waals surface area (Å²) in [7, 11) is 0. The Kier molecular flexibility index (Phi) is 2.94. The molecule has 84 valence electrons. The van der Waals surface area contributed by atoms with E-state index in [4.69, 9.17) is 12.2 Å². The number of benzene rings is 1. The van der Waals surface area contributed by atoms with Gasteiger partial charge in [0.2, 0.25) is 0 Å². The van der Waals surface area contributed by atoms with Crippen LogP contribution in [0.4, 0.5) is 8.78 Å². The molecule has 2 nitrogen and oxygen atoms in total. The molecule has 0 amide bonds. The minimum atomic E-state index is -0.661. The van der Waals surface area contributed by atoms with E-state index >= 15 is 0 Å². The average Bonchev–Trinajstić information content (AvgIpc) is 2.47. The highest BCUT2D eigenvalue weighted by Gasteiger charge is 2.14. The molecule has 1 heterocycles. The lowest BCUT2D eigenvalue weighted by atomic mass is 10.3. The highest BCUT2D eigenvalue weighted by molar-refractivity contribution is 9.10. The van der Waals surface area contributed by atoms with Gasteiger partial charge in [0.05, 0.1) is 0 Å². The number of nitrogens with zero attached hydrogens (tertiary/aromatic N) is 1. The molecule has 1 N–H and O–H groups in total. The molecule has 0 saturated heterocycles. The van der Waals surface area contributed by atoms with E-state index in [-0.39, 0.29) is 10.5 Å². The van der Waals surface area contributed by atoms with Crippen molar-refractivity contribution in [3.63, 3.8) is 0 Å². The van der Waals surface area contributed by atoms with Crippen LogP contribution in [0.5, 0.6) is 0 Å². The molecular weight excluding hydrogens is 298 g/mol. The van der Waals surface area contributed by atoms with Gasteiger partial charge in [-0.3, -0.25) is 4.57 Å². The zero-order chi connectivity index (χ0) is 11.9. The Morgan fingerprint density at radius 1 is 1.31 bits per heavy atom. The van der Waals surface area contributed by atoms with Crippen LogP contribution < -0.4 is 0 Å². The lowest BCUT2D eigenvalue weighted by Gasteiger charge is -2.08. The van der Waals surface area contributed by atoms with Gasteiger partial charge in [-0.1, -0.05) is 15.9 Å². The summed E-state index contributed by atoms with van der Waals surface area (Å²) in [6.07, 6.45) is 1.60. The first-order valence-electron chi connectivity index (χ1n) is 4.42. The van der Waals surface area contributed by atoms with Crippen LogP contribution in [-0.2, 0) is 0 Å². The molecule has 0 atom stereocenters. The summed E-state index contributed by atoms with van der Waals surface area (Å²) in [4.78, 5) is 2.74. The first-order chi connectivity index (χ1) is 7.50. The standard InChI is InChI=1S/C10H7BrF2N2S/c1-5-4-14-10(16)15(5)9-7(12)2-6(11)3-8(9)13/h2-4H,1H3,(H,14,16). The molecule has 1 aromatic heterocycles. The number of hydrogen-bond donors (Lipinski definition) is 1. The molecular formula is C10H7BrF2N2S. The number of halogens is 3. The summed E-state index contributed by atoms with van der Waals surface area (Å²) >= 11 is 7.99. The van der Waals surface area contributed by atoms with Crippen molar-refractivity contribution in [1.82, 2.24) is 9.55 Å². The van der Waals surface area contributed by atoms with Gasteiger partial charge < -0.3 is 4.98 Å². The summed E-state index contributed by atoms with van der Waals surface area (Å²) in [6, 6.07) is 2.40. The summed E-state index contributed by atoms with van der Waals surface area (Å²) in [5.41, 5.74) is 0.483. The number of nitrogens with one attached hydrogen (secondary N) is 1. The van der Waals surface area contributed by atoms with E-state index in [1.807, 2.05) is 0 Å². The van der Waals surface area contributed by atoms with Gasteiger partial charge in [0.25, 0.3) is 0 Å². The van der Waals surface area contributed by atoms with E-state index in [9.17, 15) is 8.78 Å². The van der Waals surface area contributed by atoms with Gasteiger partial charge in [-0.2, -0.15) is 0 Å². The third-order valence-corrected chi connectivity index (χ3v) is 2.92. The van der Waals surface area contributed by atoms with E-state index in [2.05, 4.69) is 20.9 Å². The number of aryl methyl sites for hydroxylation is 1. The number of aromatic amines is 1. The third-order valence-electron chi connectivity index (χ3n) is 2.17. The molecule has 2 aromatic rings. The topological polar surface area (TPSA) is 20.7 Å². The first-order valence-corrected chi connectivity index (χ1v) is 5.63. The van der Waals surface area contributed by atoms with Crippen LogP contribution in [0, 0.1) is 23.3 Å². The zero-order valence-corrected chi connectivity index (χ0v) is 10.6. The van der Waals surface area contributed by atoms with Gasteiger partial charge in [0, 0.05) is 16.4 Å². The number of aromatic nitrogens is 2. The maximum atomic E-state index is 13.7. The van der Waals surface area contributed by atoms with Gasteiger partial charge in [-0.15, -0.1) is 0 Å². The fourth-order valence-electron chi connectivity index (χ4n) is 1.48. The molecule has 0 fully saturated rings. The van der Waals surface area contributed by atoms with Crippen LogP contribution >= 0.6 is 28.1 Å². The predicted molar refractivity (Wildman–Crippen MR) is 63.3 cm³/mol. The quantitative estimate of drug-likeness (QED) is 0.793. The monoisotopic (exact) mass is 304 g/mol. The van der Waals surface area contributed by atoms with Gasteiger partial charge in [-0.25, -0.2) is 8.78 Å². The number of rotatable bonds is 1. The van der Waals surface area contributed by atoms with Crippen molar-refractivity contribution in [2.45, 2.75) is 6.92 Å². The average molecular weight is 305 g/mol. The maximum Gasteiger partial charge on any atom is 0.182 e. The van der Waals surface area contributed by atoms with Crippen LogP contribution in [0.1, 0.15) is 5.69 Å². The lowest BCUT2D eigenvalue weighted by Crippen LogP contribution is -2.03. The third kappa shape index (κ3) is 1.82. The molecule has 0 bridgehead atoms. The Balaban J connectivity index is 2.79. The molecule has 0 aliphatic rings. The second-order valence-electron chi connectivity index (χ2n) is 3.29. The van der Waals surface area contributed by atoms with Crippen LogP contribution in [0.25, 0.3) is 5.69 Å². The Morgan fingerprint density at radius 3 is 2.31 bits per heavy atom. The smallest absolute Gasteiger partial charge is 0.182 e. The summed E-state index contributed by atoms with van der Waals surface area (Å²) in [5.74, 6) is -1.32. The Bertz CT molecular complexity index is 580. The Hall–Kier alpha value is -1.01. The van der Waals surface area contributed by atoms with Crippen LogP contribution in [-0.4, -0.2) is 9.55 Å². The SMILES string of the molecule is Cc1c[nH]c(=S)n1-c1c(F)cc(Br)cc1F. The van der Waals surface area contributed by atoms with Crippen molar-refractivity contribution < 1.29 is 8.78 Å². The van der Waals surface area contributed by atoms with Gasteiger partial charge >= 0.3 is 0 Å². The van der Waals surface area contributed by atoms with E-state index < -0.39 is 11.6 Å². The lowest BCUT2D eigenvalue weighted by molar-refractivity contribution is 0.565. The Labute approximate surface area is 104 Å². The van der Waals surface area contributed by atoms with Crippen molar-refractivity contribution in [2.75, 3.05) is 0 Å². The van der Waals surface area contributed by atoms with Crippen LogP contribution in [0.3, 0.4) is 0 Å². The van der Waals surface area contributed by atoms with E-state index in [1.54, 1.807) is 13.1 Å². The fourth-order valence-corrected chi connectivity index (χ4v) is 2.18. The molecule has 0 saturated carbocycles. The first kappa shape index (κ1) is 11.5. The van der Waals surface area contributed by atoms with Crippen LogP contribution in [0.15, 0.2) is 22.8 Å². The maximum absolute atomic E-state index is 13.7. The predicted octanol–water partition coefficient (Wildman–Crippen LogP) is 3.88. The normalized spacial score (nSPS) is 10.8. The van der Waals surface area contributed by atoms with Crippen molar-refractivity contribution in [3.8, 4) is 5.69 Å². The van der Waals surface area contributed by atoms with Gasteiger partial charge in [0.15, 0.2) is 16.4 Å². The summed E-state index contributed by atoms with van der Waals surface area (Å²) < 4.78 is 29.3. The molecule has 0 unspecified atom stereocenters. The van der Waals surface area contributed by atoms with E-state index in [1.165, 1.54) is 16.7 Å². The number of hydrogen-bond acceptors (Lipinski definition) is 1. The van der Waals surface area contributed by atoms with E-state index in [0.29, 0.717) is 10.2 Å².